The molecule has 2 aromatic carbocycles. The van der Waals surface area contributed by atoms with E-state index in [-0.39, 0.29) is 30.6 Å². The third-order valence-corrected chi connectivity index (χ3v) is 5.13. The van der Waals surface area contributed by atoms with Crippen molar-refractivity contribution >= 4 is 23.4 Å². The van der Waals surface area contributed by atoms with Crippen LogP contribution in [0, 0.1) is 6.92 Å². The zero-order valence-electron chi connectivity index (χ0n) is 17.5. The van der Waals surface area contributed by atoms with Crippen molar-refractivity contribution in [1.82, 2.24) is 10.2 Å². The molecule has 2 unspecified atom stereocenters. The average molecular weight is 431 g/mol. The SMILES string of the molecule is Cc1cc(Cl)ccc1OCC(=O)NCc1ccc(C(=O)N2CC(C)OC(C)C2)cc1. The standard InChI is InChI=1S/C23H27ClN2O4/c1-15-10-20(24)8-9-21(15)29-14-22(27)25-11-18-4-6-19(7-5-18)23(28)26-12-16(2)30-17(3)13-26/h4-10,16-17H,11-14H2,1-3H3,(H,25,27). The molecule has 0 aromatic heterocycles. The Morgan fingerprint density at radius 1 is 1.13 bits per heavy atom. The van der Waals surface area contributed by atoms with Crippen LogP contribution in [0.2, 0.25) is 5.02 Å². The van der Waals surface area contributed by atoms with Crippen molar-refractivity contribution in [3.05, 3.63) is 64.2 Å². The Kier molecular flexibility index (Phi) is 7.34. The molecule has 0 spiro atoms. The Labute approximate surface area is 182 Å². The van der Waals surface area contributed by atoms with Gasteiger partial charge in [-0.3, -0.25) is 9.59 Å². The normalized spacial score (nSPS) is 18.7. The molecule has 1 fully saturated rings. The van der Waals surface area contributed by atoms with E-state index in [4.69, 9.17) is 21.1 Å². The fourth-order valence-electron chi connectivity index (χ4n) is 3.46. The molecule has 0 saturated carbocycles. The number of rotatable bonds is 6. The number of morpholine rings is 1. The van der Waals surface area contributed by atoms with Crippen molar-refractivity contribution in [2.75, 3.05) is 19.7 Å². The minimum absolute atomic E-state index is 0.000630. The number of nitrogens with one attached hydrogen (secondary N) is 1. The first-order valence-electron chi connectivity index (χ1n) is 10.0. The fourth-order valence-corrected chi connectivity index (χ4v) is 3.69. The van der Waals surface area contributed by atoms with Gasteiger partial charge in [-0.15, -0.1) is 0 Å². The summed E-state index contributed by atoms with van der Waals surface area (Å²) in [4.78, 5) is 26.6. The first-order chi connectivity index (χ1) is 14.3. The lowest BCUT2D eigenvalue weighted by molar-refractivity contribution is -0.123. The minimum Gasteiger partial charge on any atom is -0.484 e. The fraction of sp³-hybridized carbons (Fsp3) is 0.391. The highest BCUT2D eigenvalue weighted by molar-refractivity contribution is 6.30. The van der Waals surface area contributed by atoms with Gasteiger partial charge in [0.2, 0.25) is 0 Å². The van der Waals surface area contributed by atoms with Gasteiger partial charge in [0.05, 0.1) is 12.2 Å². The lowest BCUT2D eigenvalue weighted by Gasteiger charge is -2.35. The summed E-state index contributed by atoms with van der Waals surface area (Å²) in [5.74, 6) is 0.407. The lowest BCUT2D eigenvalue weighted by Crippen LogP contribution is -2.48. The molecule has 2 amide bonds. The highest BCUT2D eigenvalue weighted by atomic mass is 35.5. The summed E-state index contributed by atoms with van der Waals surface area (Å²) in [5.41, 5.74) is 2.42. The predicted octanol–water partition coefficient (Wildman–Crippen LogP) is 3.59. The van der Waals surface area contributed by atoms with E-state index < -0.39 is 0 Å². The second kappa shape index (κ2) is 9.96. The quantitative estimate of drug-likeness (QED) is 0.760. The molecule has 6 nitrogen and oxygen atoms in total. The maximum atomic E-state index is 12.7. The Morgan fingerprint density at radius 3 is 2.43 bits per heavy atom. The highest BCUT2D eigenvalue weighted by Crippen LogP contribution is 2.21. The van der Waals surface area contributed by atoms with Gasteiger partial charge >= 0.3 is 0 Å². The minimum atomic E-state index is -0.221. The number of amides is 2. The smallest absolute Gasteiger partial charge is 0.258 e. The summed E-state index contributed by atoms with van der Waals surface area (Å²) in [5, 5.41) is 3.45. The van der Waals surface area contributed by atoms with E-state index in [0.717, 1.165) is 11.1 Å². The molecule has 160 valence electrons. The third-order valence-electron chi connectivity index (χ3n) is 4.89. The molecule has 3 rings (SSSR count). The molecule has 2 aromatic rings. The molecule has 0 radical (unpaired) electrons. The van der Waals surface area contributed by atoms with Gasteiger partial charge in [0.25, 0.3) is 11.8 Å². The molecule has 1 heterocycles. The summed E-state index contributed by atoms with van der Waals surface area (Å²) >= 11 is 5.92. The molecule has 1 aliphatic rings. The zero-order chi connectivity index (χ0) is 21.7. The maximum absolute atomic E-state index is 12.7. The number of benzene rings is 2. The molecule has 0 aliphatic carbocycles. The summed E-state index contributed by atoms with van der Waals surface area (Å²) in [7, 11) is 0. The van der Waals surface area contributed by atoms with Gasteiger partial charge in [-0.1, -0.05) is 23.7 Å². The van der Waals surface area contributed by atoms with Crippen LogP contribution in [0.4, 0.5) is 0 Å². The van der Waals surface area contributed by atoms with Gasteiger partial charge < -0.3 is 19.7 Å². The van der Waals surface area contributed by atoms with Gasteiger partial charge in [0, 0.05) is 30.2 Å². The topological polar surface area (TPSA) is 67.9 Å². The van der Waals surface area contributed by atoms with Crippen LogP contribution in [0.25, 0.3) is 0 Å². The van der Waals surface area contributed by atoms with E-state index in [1.807, 2.05) is 37.8 Å². The number of carbonyl (C=O) groups excluding carboxylic acids is 2. The van der Waals surface area contributed by atoms with E-state index in [1.165, 1.54) is 0 Å². The van der Waals surface area contributed by atoms with Crippen molar-refractivity contribution < 1.29 is 19.1 Å². The Bertz CT molecular complexity index is 891. The van der Waals surface area contributed by atoms with Crippen LogP contribution in [0.1, 0.15) is 35.3 Å². The van der Waals surface area contributed by atoms with E-state index in [9.17, 15) is 9.59 Å². The lowest BCUT2D eigenvalue weighted by atomic mass is 10.1. The van der Waals surface area contributed by atoms with Crippen molar-refractivity contribution in [3.8, 4) is 5.75 Å². The number of halogens is 1. The van der Waals surface area contributed by atoms with Gasteiger partial charge in [-0.05, 0) is 62.2 Å². The predicted molar refractivity (Wildman–Crippen MR) is 116 cm³/mol. The van der Waals surface area contributed by atoms with Crippen LogP contribution >= 0.6 is 11.6 Å². The zero-order valence-corrected chi connectivity index (χ0v) is 18.2. The van der Waals surface area contributed by atoms with Crippen molar-refractivity contribution in [1.29, 1.82) is 0 Å². The molecule has 1 N–H and O–H groups in total. The number of hydrogen-bond acceptors (Lipinski definition) is 4. The Morgan fingerprint density at radius 2 is 1.80 bits per heavy atom. The summed E-state index contributed by atoms with van der Waals surface area (Å²) in [6.07, 6.45) is 0.0668. The van der Waals surface area contributed by atoms with Gasteiger partial charge in [-0.2, -0.15) is 0 Å². The van der Waals surface area contributed by atoms with Crippen LogP contribution in [0.15, 0.2) is 42.5 Å². The maximum Gasteiger partial charge on any atom is 0.258 e. The number of ether oxygens (including phenoxy) is 2. The van der Waals surface area contributed by atoms with Crippen LogP contribution < -0.4 is 10.1 Å². The van der Waals surface area contributed by atoms with E-state index in [2.05, 4.69) is 5.32 Å². The van der Waals surface area contributed by atoms with Gasteiger partial charge in [-0.25, -0.2) is 0 Å². The van der Waals surface area contributed by atoms with Crippen molar-refractivity contribution in [2.45, 2.75) is 39.5 Å². The Balaban J connectivity index is 1.48. The second-order valence-electron chi connectivity index (χ2n) is 7.64. The largest absolute Gasteiger partial charge is 0.484 e. The average Bonchev–Trinajstić information content (AvgIpc) is 2.70. The molecular formula is C23H27ClN2O4. The molecule has 0 bridgehead atoms. The van der Waals surface area contributed by atoms with Crippen LogP contribution in [0.3, 0.4) is 0 Å². The number of hydrogen-bond donors (Lipinski definition) is 1. The summed E-state index contributed by atoms with van der Waals surface area (Å²) in [6, 6.07) is 12.6. The molecule has 2 atom stereocenters. The van der Waals surface area contributed by atoms with Gasteiger partial charge in [0.1, 0.15) is 5.75 Å². The molecule has 1 aliphatic heterocycles. The first kappa shape index (κ1) is 22.1. The van der Waals surface area contributed by atoms with E-state index in [0.29, 0.717) is 36.0 Å². The summed E-state index contributed by atoms with van der Waals surface area (Å²) < 4.78 is 11.2. The van der Waals surface area contributed by atoms with Crippen LogP contribution in [-0.2, 0) is 16.1 Å². The number of carbonyl (C=O) groups is 2. The third kappa shape index (κ3) is 5.97. The molecular weight excluding hydrogens is 404 g/mol. The van der Waals surface area contributed by atoms with Crippen molar-refractivity contribution in [3.63, 3.8) is 0 Å². The second-order valence-corrected chi connectivity index (χ2v) is 8.08. The highest BCUT2D eigenvalue weighted by Gasteiger charge is 2.26. The van der Waals surface area contributed by atoms with Crippen LogP contribution in [0.5, 0.6) is 5.75 Å². The summed E-state index contributed by atoms with van der Waals surface area (Å²) in [6.45, 7) is 7.29. The van der Waals surface area contributed by atoms with E-state index >= 15 is 0 Å². The Hall–Kier alpha value is -2.57. The number of nitrogens with zero attached hydrogens (tertiary/aromatic N) is 1. The monoisotopic (exact) mass is 430 g/mol. The first-order valence-corrected chi connectivity index (χ1v) is 10.4. The van der Waals surface area contributed by atoms with Crippen molar-refractivity contribution in [2.24, 2.45) is 0 Å². The molecule has 1 saturated heterocycles. The van der Waals surface area contributed by atoms with Gasteiger partial charge in [0.15, 0.2) is 6.61 Å². The molecule has 30 heavy (non-hydrogen) atoms. The van der Waals surface area contributed by atoms with Crippen LogP contribution in [-0.4, -0.2) is 48.6 Å². The number of aryl methyl sites for hydroxylation is 1. The molecule has 7 heteroatoms. The van der Waals surface area contributed by atoms with E-state index in [1.54, 1.807) is 30.3 Å².